The highest BCUT2D eigenvalue weighted by atomic mass is 79.9. The third-order valence-electron chi connectivity index (χ3n) is 1.96. The van der Waals surface area contributed by atoms with E-state index in [0.717, 1.165) is 12.1 Å². The van der Waals surface area contributed by atoms with Crippen molar-refractivity contribution in [3.05, 3.63) is 35.6 Å². The zero-order valence-electron chi connectivity index (χ0n) is 8.50. The van der Waals surface area contributed by atoms with Crippen molar-refractivity contribution >= 4 is 15.9 Å². The van der Waals surface area contributed by atoms with Crippen molar-refractivity contribution in [2.75, 3.05) is 13.6 Å². The van der Waals surface area contributed by atoms with Gasteiger partial charge in [0.2, 0.25) is 0 Å². The van der Waals surface area contributed by atoms with Crippen molar-refractivity contribution in [3.63, 3.8) is 0 Å². The first kappa shape index (κ1) is 11.7. The van der Waals surface area contributed by atoms with Gasteiger partial charge in [-0.1, -0.05) is 41.1 Å². The Kier molecular flexibility index (Phi) is 4.55. The SMILES string of the molecule is CC(Br)CN(C)Cc1ccccc1F. The molecule has 1 atom stereocenters. The number of alkyl halides is 1. The third kappa shape index (κ3) is 3.76. The van der Waals surface area contributed by atoms with E-state index in [4.69, 9.17) is 0 Å². The highest BCUT2D eigenvalue weighted by Gasteiger charge is 2.06. The van der Waals surface area contributed by atoms with Crippen LogP contribution < -0.4 is 0 Å². The molecule has 1 aromatic rings. The molecule has 0 saturated heterocycles. The van der Waals surface area contributed by atoms with Gasteiger partial charge in [0.25, 0.3) is 0 Å². The molecular weight excluding hydrogens is 245 g/mol. The zero-order valence-corrected chi connectivity index (χ0v) is 10.1. The molecule has 0 aliphatic carbocycles. The Balaban J connectivity index is 2.56. The summed E-state index contributed by atoms with van der Waals surface area (Å²) in [7, 11) is 1.99. The van der Waals surface area contributed by atoms with Crippen LogP contribution in [-0.2, 0) is 6.54 Å². The van der Waals surface area contributed by atoms with Crippen molar-refractivity contribution in [2.24, 2.45) is 0 Å². The first-order valence-electron chi connectivity index (χ1n) is 4.65. The second-order valence-electron chi connectivity index (χ2n) is 3.57. The molecule has 1 unspecified atom stereocenters. The first-order valence-corrected chi connectivity index (χ1v) is 5.57. The van der Waals surface area contributed by atoms with Crippen molar-refractivity contribution in [1.29, 1.82) is 0 Å². The summed E-state index contributed by atoms with van der Waals surface area (Å²) < 4.78 is 13.2. The maximum absolute atomic E-state index is 13.2. The molecule has 0 spiro atoms. The Morgan fingerprint density at radius 1 is 1.43 bits per heavy atom. The Morgan fingerprint density at radius 2 is 2.07 bits per heavy atom. The van der Waals surface area contributed by atoms with E-state index in [1.807, 2.05) is 19.2 Å². The molecule has 1 aromatic carbocycles. The van der Waals surface area contributed by atoms with Gasteiger partial charge >= 0.3 is 0 Å². The second kappa shape index (κ2) is 5.47. The minimum absolute atomic E-state index is 0.124. The van der Waals surface area contributed by atoms with Crippen molar-refractivity contribution in [2.45, 2.75) is 18.3 Å². The summed E-state index contributed by atoms with van der Waals surface area (Å²) >= 11 is 3.47. The normalized spacial score (nSPS) is 13.2. The van der Waals surface area contributed by atoms with Crippen LogP contribution >= 0.6 is 15.9 Å². The average Bonchev–Trinajstić information content (AvgIpc) is 2.07. The Labute approximate surface area is 93.0 Å². The van der Waals surface area contributed by atoms with E-state index in [1.165, 1.54) is 6.07 Å². The molecule has 0 N–H and O–H groups in total. The fraction of sp³-hybridized carbons (Fsp3) is 0.455. The van der Waals surface area contributed by atoms with E-state index in [1.54, 1.807) is 6.07 Å². The lowest BCUT2D eigenvalue weighted by atomic mass is 10.2. The maximum atomic E-state index is 13.2. The summed E-state index contributed by atoms with van der Waals surface area (Å²) in [5, 5.41) is 0. The van der Waals surface area contributed by atoms with Crippen molar-refractivity contribution in [3.8, 4) is 0 Å². The second-order valence-corrected chi connectivity index (χ2v) is 5.13. The van der Waals surface area contributed by atoms with Crippen LogP contribution in [-0.4, -0.2) is 23.3 Å². The van der Waals surface area contributed by atoms with Crippen molar-refractivity contribution in [1.82, 2.24) is 4.90 Å². The maximum Gasteiger partial charge on any atom is 0.127 e. The molecule has 1 nitrogen and oxygen atoms in total. The van der Waals surface area contributed by atoms with Crippen LogP contribution in [0.5, 0.6) is 0 Å². The van der Waals surface area contributed by atoms with Crippen LogP contribution in [0.25, 0.3) is 0 Å². The molecule has 0 aliphatic rings. The highest BCUT2D eigenvalue weighted by molar-refractivity contribution is 9.09. The summed E-state index contributed by atoms with van der Waals surface area (Å²) in [6.07, 6.45) is 0. The minimum atomic E-state index is -0.124. The van der Waals surface area contributed by atoms with Gasteiger partial charge < -0.3 is 4.90 Å². The summed E-state index contributed by atoms with van der Waals surface area (Å²) in [4.78, 5) is 2.52. The number of hydrogen-bond acceptors (Lipinski definition) is 1. The highest BCUT2D eigenvalue weighted by Crippen LogP contribution is 2.10. The van der Waals surface area contributed by atoms with Gasteiger partial charge in [-0.2, -0.15) is 0 Å². The van der Waals surface area contributed by atoms with Crippen LogP contribution in [0, 0.1) is 5.82 Å². The Hall–Kier alpha value is -0.410. The van der Waals surface area contributed by atoms with Gasteiger partial charge in [-0.15, -0.1) is 0 Å². The molecular formula is C11H15BrFN. The lowest BCUT2D eigenvalue weighted by Gasteiger charge is -2.18. The van der Waals surface area contributed by atoms with Crippen molar-refractivity contribution < 1.29 is 4.39 Å². The van der Waals surface area contributed by atoms with E-state index in [0.29, 0.717) is 11.4 Å². The quantitative estimate of drug-likeness (QED) is 0.752. The minimum Gasteiger partial charge on any atom is -0.301 e. The smallest absolute Gasteiger partial charge is 0.127 e. The van der Waals surface area contributed by atoms with Gasteiger partial charge in [0, 0.05) is 23.5 Å². The Bertz CT molecular complexity index is 288. The lowest BCUT2D eigenvalue weighted by Crippen LogP contribution is -2.24. The topological polar surface area (TPSA) is 3.24 Å². The van der Waals surface area contributed by atoms with E-state index >= 15 is 0 Å². The van der Waals surface area contributed by atoms with Gasteiger partial charge in [0.1, 0.15) is 5.82 Å². The van der Waals surface area contributed by atoms with Gasteiger partial charge in [0.05, 0.1) is 0 Å². The molecule has 1 rings (SSSR count). The molecule has 0 bridgehead atoms. The monoisotopic (exact) mass is 259 g/mol. The fourth-order valence-corrected chi connectivity index (χ4v) is 1.91. The van der Waals surface area contributed by atoms with Gasteiger partial charge in [-0.05, 0) is 13.1 Å². The molecule has 14 heavy (non-hydrogen) atoms. The van der Waals surface area contributed by atoms with Gasteiger partial charge in [-0.25, -0.2) is 4.39 Å². The van der Waals surface area contributed by atoms with Crippen LogP contribution in [0.1, 0.15) is 12.5 Å². The molecule has 0 aromatic heterocycles. The number of benzene rings is 1. The summed E-state index contributed by atoms with van der Waals surface area (Å²) in [5.74, 6) is -0.124. The zero-order chi connectivity index (χ0) is 10.6. The lowest BCUT2D eigenvalue weighted by molar-refractivity contribution is 0.327. The standard InChI is InChI=1S/C11H15BrFN/c1-9(12)7-14(2)8-10-5-3-4-6-11(10)13/h3-6,9H,7-8H2,1-2H3. The van der Waals surface area contributed by atoms with Gasteiger partial charge in [-0.3, -0.25) is 0 Å². The van der Waals surface area contributed by atoms with Crippen LogP contribution in [0.15, 0.2) is 24.3 Å². The summed E-state index contributed by atoms with van der Waals surface area (Å²) in [5.41, 5.74) is 0.753. The van der Waals surface area contributed by atoms with E-state index in [2.05, 4.69) is 27.8 Å². The molecule has 0 amide bonds. The van der Waals surface area contributed by atoms with Crippen LogP contribution in [0.3, 0.4) is 0 Å². The predicted molar refractivity (Wildman–Crippen MR) is 61.1 cm³/mol. The number of rotatable bonds is 4. The fourth-order valence-electron chi connectivity index (χ4n) is 1.41. The number of halogens is 2. The molecule has 0 radical (unpaired) electrons. The Morgan fingerprint density at radius 3 is 2.64 bits per heavy atom. The largest absolute Gasteiger partial charge is 0.301 e. The third-order valence-corrected chi connectivity index (χ3v) is 2.25. The summed E-state index contributed by atoms with van der Waals surface area (Å²) in [6, 6.07) is 6.90. The number of nitrogens with zero attached hydrogens (tertiary/aromatic N) is 1. The van der Waals surface area contributed by atoms with Crippen LogP contribution in [0.4, 0.5) is 4.39 Å². The van der Waals surface area contributed by atoms with Crippen LogP contribution in [0.2, 0.25) is 0 Å². The van der Waals surface area contributed by atoms with E-state index < -0.39 is 0 Å². The summed E-state index contributed by atoms with van der Waals surface area (Å²) in [6.45, 7) is 3.65. The van der Waals surface area contributed by atoms with E-state index in [-0.39, 0.29) is 5.82 Å². The predicted octanol–water partition coefficient (Wildman–Crippen LogP) is 3.04. The van der Waals surface area contributed by atoms with Gasteiger partial charge in [0.15, 0.2) is 0 Å². The number of hydrogen-bond donors (Lipinski definition) is 0. The average molecular weight is 260 g/mol. The molecule has 0 heterocycles. The first-order chi connectivity index (χ1) is 6.59. The molecule has 0 saturated carbocycles. The molecule has 78 valence electrons. The molecule has 3 heteroatoms. The van der Waals surface area contributed by atoms with E-state index in [9.17, 15) is 4.39 Å². The molecule has 0 fully saturated rings. The molecule has 0 aliphatic heterocycles.